The Kier molecular flexibility index (Phi) is 24.1. The Labute approximate surface area is 421 Å². The molecule has 1 saturated heterocycles. The zero-order valence-corrected chi connectivity index (χ0v) is 43.8. The average molecular weight is 1120 g/mol. The number of alkyl halides is 5. The number of benzene rings is 2. The second kappa shape index (κ2) is 27.1. The van der Waals surface area contributed by atoms with Gasteiger partial charge in [-0.15, -0.1) is 16.7 Å². The molecule has 386 valence electrons. The standard InChI is InChI=1S/C15H22ClNO2.C11H10Cl2F2N4O3S.C11H13Cl2NO3.C3H8NO5P/c1-5-13-8-6-7-11(2)15(13)17(14(18)9-16)12(3)10-19-4;1-5-16-19(11(20)18(5)10(14)15)9-4-8(17-23(2,21)22)6(12)3-7(9)13;1-11(2)14(10(15)9(12)13)6-8(17-11)7-4-3-5-16-7;5-3(6)1-4-2-10(7,8)9/h6-8,12H,5,9-10H2,1-4H3;3-4,10,17H,1-2H3;3-5,8-9H,6H2,1-2H3;4H,1-2H2,(H,5,6)(H2,7,8,9). The number of hydrogen-bond acceptors (Lipinski definition) is 12. The van der Waals surface area contributed by atoms with Crippen molar-refractivity contribution in [1.82, 2.24) is 24.6 Å². The molecule has 0 radical (unpaired) electrons. The first-order chi connectivity index (χ1) is 31.9. The molecule has 20 nitrogen and oxygen atoms in total. The lowest BCUT2D eigenvalue weighted by Gasteiger charge is -2.31. The zero-order chi connectivity index (χ0) is 52.8. The summed E-state index contributed by atoms with van der Waals surface area (Å²) in [5.74, 6) is -1.15. The molecule has 0 bridgehead atoms. The number of carboxylic acid groups (broad SMARTS) is 1. The molecule has 0 spiro atoms. The highest BCUT2D eigenvalue weighted by Gasteiger charge is 2.45. The van der Waals surface area contributed by atoms with Crippen LogP contribution in [-0.4, -0.2) is 122 Å². The van der Waals surface area contributed by atoms with Crippen LogP contribution in [0.15, 0.2) is 57.9 Å². The predicted octanol–water partition coefficient (Wildman–Crippen LogP) is 7.10. The van der Waals surface area contributed by atoms with E-state index in [1.165, 1.54) is 17.9 Å². The van der Waals surface area contributed by atoms with Gasteiger partial charge in [0.2, 0.25) is 15.9 Å². The van der Waals surface area contributed by atoms with E-state index in [-0.39, 0.29) is 61.7 Å². The van der Waals surface area contributed by atoms with Gasteiger partial charge in [-0.1, -0.05) is 71.5 Å². The van der Waals surface area contributed by atoms with Crippen LogP contribution in [-0.2, 0) is 44.9 Å². The van der Waals surface area contributed by atoms with E-state index in [0.29, 0.717) is 23.6 Å². The van der Waals surface area contributed by atoms with Crippen LogP contribution in [0.5, 0.6) is 0 Å². The quantitative estimate of drug-likeness (QED) is 0.0554. The third-order valence-electron chi connectivity index (χ3n) is 9.25. The third-order valence-corrected chi connectivity index (χ3v) is 11.7. The number of nitrogens with zero attached hydrogens (tertiary/aromatic N) is 5. The summed E-state index contributed by atoms with van der Waals surface area (Å²) in [5.41, 5.74) is 1.20. The Morgan fingerprint density at radius 1 is 1.10 bits per heavy atom. The maximum Gasteiger partial charge on any atom is 0.355 e. The summed E-state index contributed by atoms with van der Waals surface area (Å²) in [6.07, 6.45) is 2.47. The summed E-state index contributed by atoms with van der Waals surface area (Å²) in [7, 11) is -6.11. The lowest BCUT2D eigenvalue weighted by Crippen LogP contribution is -2.45. The third kappa shape index (κ3) is 18.7. The molecule has 2 unspecified atom stereocenters. The number of furan rings is 1. The van der Waals surface area contributed by atoms with Crippen LogP contribution in [0.1, 0.15) is 63.1 Å². The highest BCUT2D eigenvalue weighted by atomic mass is 35.5. The fourth-order valence-corrected chi connectivity index (χ4v) is 8.30. The minimum absolute atomic E-state index is 0.0223. The molecular formula is C40H53Cl5F2N7O13PS. The van der Waals surface area contributed by atoms with Crippen molar-refractivity contribution in [3.63, 3.8) is 0 Å². The number of amides is 2. The first-order valence-corrected chi connectivity index (χ1v) is 25.9. The van der Waals surface area contributed by atoms with E-state index >= 15 is 0 Å². The van der Waals surface area contributed by atoms with Gasteiger partial charge in [0.05, 0.1) is 71.7 Å². The number of rotatable bonds is 16. The second-order valence-electron chi connectivity index (χ2n) is 15.1. The van der Waals surface area contributed by atoms with Crippen LogP contribution >= 0.6 is 65.6 Å². The summed E-state index contributed by atoms with van der Waals surface area (Å²) in [6, 6.07) is 11.9. The van der Waals surface area contributed by atoms with Crippen molar-refractivity contribution in [3.8, 4) is 5.69 Å². The molecule has 1 aliphatic heterocycles. The van der Waals surface area contributed by atoms with Crippen molar-refractivity contribution in [2.24, 2.45) is 0 Å². The Balaban J connectivity index is 0.000000327. The smallest absolute Gasteiger partial charge is 0.355 e. The van der Waals surface area contributed by atoms with Crippen molar-refractivity contribution >= 4 is 105 Å². The Morgan fingerprint density at radius 3 is 2.22 bits per heavy atom. The number of para-hydroxylation sites is 1. The second-order valence-corrected chi connectivity index (χ2v) is 20.7. The van der Waals surface area contributed by atoms with Crippen LogP contribution in [0.2, 0.25) is 10.0 Å². The van der Waals surface area contributed by atoms with Crippen molar-refractivity contribution in [3.05, 3.63) is 92.0 Å². The molecule has 4 aromatic rings. The van der Waals surface area contributed by atoms with Crippen molar-refractivity contribution in [2.45, 2.75) is 77.2 Å². The number of carboxylic acids is 1. The van der Waals surface area contributed by atoms with Crippen LogP contribution in [0.25, 0.3) is 5.69 Å². The van der Waals surface area contributed by atoms with E-state index < -0.39 is 59.2 Å². The molecule has 0 aliphatic carbocycles. The molecule has 3 heterocycles. The van der Waals surface area contributed by atoms with Crippen LogP contribution < -0.4 is 20.6 Å². The summed E-state index contributed by atoms with van der Waals surface area (Å²) < 4.78 is 77.5. The van der Waals surface area contributed by atoms with Gasteiger partial charge < -0.3 is 38.6 Å². The number of aliphatic carboxylic acids is 1. The van der Waals surface area contributed by atoms with Gasteiger partial charge in [0, 0.05) is 7.11 Å². The van der Waals surface area contributed by atoms with Gasteiger partial charge in [-0.25, -0.2) is 17.8 Å². The number of aromatic nitrogens is 3. The lowest BCUT2D eigenvalue weighted by molar-refractivity contribution is -0.144. The van der Waals surface area contributed by atoms with Crippen molar-refractivity contribution < 1.29 is 64.9 Å². The molecule has 0 saturated carbocycles. The fourth-order valence-electron chi connectivity index (χ4n) is 6.40. The maximum absolute atomic E-state index is 12.8. The number of anilines is 2. The van der Waals surface area contributed by atoms with Gasteiger partial charge in [0.1, 0.15) is 29.3 Å². The van der Waals surface area contributed by atoms with Gasteiger partial charge in [0.25, 0.3) is 5.91 Å². The summed E-state index contributed by atoms with van der Waals surface area (Å²) in [5, 5.41) is 13.7. The molecule has 2 amide bonds. The highest BCUT2D eigenvalue weighted by molar-refractivity contribution is 7.92. The number of ether oxygens (including phenoxy) is 2. The first kappa shape index (κ1) is 61.3. The first-order valence-electron chi connectivity index (χ1n) is 20.1. The van der Waals surface area contributed by atoms with E-state index in [1.807, 2.05) is 32.0 Å². The molecule has 5 N–H and O–H groups in total. The molecule has 2 aromatic carbocycles. The Morgan fingerprint density at radius 2 is 1.74 bits per heavy atom. The maximum atomic E-state index is 12.8. The zero-order valence-electron chi connectivity index (χ0n) is 38.3. The molecule has 2 aromatic heterocycles. The van der Waals surface area contributed by atoms with E-state index in [2.05, 4.69) is 28.1 Å². The summed E-state index contributed by atoms with van der Waals surface area (Å²) in [4.78, 5) is 64.4. The number of carbonyl (C=O) groups excluding carboxylic acids is 2. The SMILES string of the molecule is CC1(C)OC(c2ccco2)CN1C(=O)C(Cl)Cl.CCc1cccc(C)c1N(C(=O)CCl)C(C)COC.Cc1nn(-c2cc(NS(C)(=O)=O)c(Cl)cc2Cl)c(=O)n1C(F)F.O=C(O)CNCP(=O)(O)O. The van der Waals surface area contributed by atoms with Gasteiger partial charge in [-0.2, -0.15) is 13.5 Å². The molecule has 1 fully saturated rings. The lowest BCUT2D eigenvalue weighted by atomic mass is 10.0. The van der Waals surface area contributed by atoms with Crippen LogP contribution in [0.4, 0.5) is 20.2 Å². The van der Waals surface area contributed by atoms with Gasteiger partial charge in [0.15, 0.2) is 4.84 Å². The average Bonchev–Trinajstić information content (AvgIpc) is 3.96. The van der Waals surface area contributed by atoms with Gasteiger partial charge in [-0.3, -0.25) is 29.0 Å². The summed E-state index contributed by atoms with van der Waals surface area (Å²) >= 11 is 28.8. The molecule has 29 heteroatoms. The minimum Gasteiger partial charge on any atom is -0.480 e. The Bertz CT molecular complexity index is 2580. The molecule has 1 aliphatic rings. The van der Waals surface area contributed by atoms with E-state index in [0.717, 1.165) is 35.6 Å². The monoisotopic (exact) mass is 1120 g/mol. The van der Waals surface area contributed by atoms with E-state index in [9.17, 15) is 40.9 Å². The molecular weight excluding hydrogens is 1060 g/mol. The van der Waals surface area contributed by atoms with Crippen molar-refractivity contribution in [2.75, 3.05) is 54.8 Å². The van der Waals surface area contributed by atoms with E-state index in [1.54, 1.807) is 38.2 Å². The van der Waals surface area contributed by atoms with Gasteiger partial charge >= 0.3 is 25.8 Å². The molecule has 2 atom stereocenters. The number of nitrogens with one attached hydrogen (secondary N) is 2. The topological polar surface area (TPSA) is 265 Å². The molecule has 69 heavy (non-hydrogen) atoms. The fraction of sp³-hybridized carbons (Fsp3) is 0.475. The number of halogens is 7. The van der Waals surface area contributed by atoms with Crippen molar-refractivity contribution in [1.29, 1.82) is 0 Å². The van der Waals surface area contributed by atoms with Crippen LogP contribution in [0.3, 0.4) is 0 Å². The summed E-state index contributed by atoms with van der Waals surface area (Å²) in [6.45, 7) is 8.25. The number of methoxy groups -OCH3 is 1. The van der Waals surface area contributed by atoms with E-state index in [4.69, 9.17) is 86.8 Å². The Hall–Kier alpha value is -3.84. The number of sulfonamides is 1. The van der Waals surface area contributed by atoms with Gasteiger partial charge in [-0.05, 0) is 76.4 Å². The largest absolute Gasteiger partial charge is 0.480 e. The number of carbonyl (C=O) groups is 3. The predicted molar refractivity (Wildman–Crippen MR) is 259 cm³/mol. The number of aryl methyl sites for hydroxylation is 3. The number of hydrogen-bond donors (Lipinski definition) is 5. The minimum atomic E-state index is -4.10. The highest BCUT2D eigenvalue weighted by Crippen LogP contribution is 2.37. The van der Waals surface area contributed by atoms with Crippen LogP contribution in [0, 0.1) is 13.8 Å². The molecule has 5 rings (SSSR count). The normalized spacial score (nSPS) is 14.8.